The van der Waals surface area contributed by atoms with Crippen molar-refractivity contribution in [2.75, 3.05) is 13.2 Å². The van der Waals surface area contributed by atoms with Crippen molar-refractivity contribution < 1.29 is 28.6 Å². The average Bonchev–Trinajstić information content (AvgIpc) is 3.22. The molecule has 1 amide bonds. The van der Waals surface area contributed by atoms with Gasteiger partial charge in [-0.15, -0.1) is 0 Å². The number of hydrogen-bond acceptors (Lipinski definition) is 8. The van der Waals surface area contributed by atoms with Crippen molar-refractivity contribution in [2.24, 2.45) is 0 Å². The fourth-order valence-electron chi connectivity index (χ4n) is 2.47. The SMILES string of the molecule is CCOC(=O)c1ccc(-c2ccc(/C=C3/SC(=S)N(CC(=O)[O-])C3=O)o2)cc1. The van der Waals surface area contributed by atoms with E-state index in [2.05, 4.69) is 0 Å². The third-order valence-electron chi connectivity index (χ3n) is 3.74. The van der Waals surface area contributed by atoms with Crippen molar-refractivity contribution >= 4 is 52.2 Å². The van der Waals surface area contributed by atoms with Gasteiger partial charge < -0.3 is 19.1 Å². The fourth-order valence-corrected chi connectivity index (χ4v) is 3.70. The molecule has 0 bridgehead atoms. The van der Waals surface area contributed by atoms with Crippen molar-refractivity contribution in [3.63, 3.8) is 0 Å². The first-order chi connectivity index (χ1) is 13.4. The van der Waals surface area contributed by atoms with Crippen LogP contribution in [0.25, 0.3) is 17.4 Å². The zero-order valence-electron chi connectivity index (χ0n) is 14.7. The first-order valence-electron chi connectivity index (χ1n) is 8.21. The molecule has 2 heterocycles. The summed E-state index contributed by atoms with van der Waals surface area (Å²) in [4.78, 5) is 35.9. The number of rotatable bonds is 6. The lowest BCUT2D eigenvalue weighted by molar-refractivity contribution is -0.305. The van der Waals surface area contributed by atoms with E-state index < -0.39 is 24.4 Å². The van der Waals surface area contributed by atoms with Crippen LogP contribution in [-0.2, 0) is 14.3 Å². The highest BCUT2D eigenvalue weighted by atomic mass is 32.2. The van der Waals surface area contributed by atoms with E-state index >= 15 is 0 Å². The van der Waals surface area contributed by atoms with Gasteiger partial charge in [-0.05, 0) is 31.2 Å². The van der Waals surface area contributed by atoms with Crippen LogP contribution in [0.4, 0.5) is 0 Å². The number of aliphatic carboxylic acids is 1. The smallest absolute Gasteiger partial charge is 0.338 e. The molecule has 1 aliphatic heterocycles. The number of ether oxygens (including phenoxy) is 1. The molecule has 1 fully saturated rings. The zero-order chi connectivity index (χ0) is 20.3. The number of esters is 1. The van der Waals surface area contributed by atoms with Gasteiger partial charge in [0.25, 0.3) is 5.91 Å². The van der Waals surface area contributed by atoms with Crippen LogP contribution in [0.3, 0.4) is 0 Å². The summed E-state index contributed by atoms with van der Waals surface area (Å²) in [5, 5.41) is 10.7. The van der Waals surface area contributed by atoms with Gasteiger partial charge in [0, 0.05) is 11.6 Å². The molecule has 9 heteroatoms. The highest BCUT2D eigenvalue weighted by Gasteiger charge is 2.32. The van der Waals surface area contributed by atoms with Gasteiger partial charge in [-0.3, -0.25) is 9.69 Å². The van der Waals surface area contributed by atoms with Crippen LogP contribution in [0.15, 0.2) is 45.7 Å². The summed E-state index contributed by atoms with van der Waals surface area (Å²) in [7, 11) is 0. The Labute approximate surface area is 170 Å². The lowest BCUT2D eigenvalue weighted by Gasteiger charge is -2.14. The first-order valence-corrected chi connectivity index (χ1v) is 9.44. The van der Waals surface area contributed by atoms with Crippen molar-refractivity contribution in [3.8, 4) is 11.3 Å². The maximum Gasteiger partial charge on any atom is 0.338 e. The summed E-state index contributed by atoms with van der Waals surface area (Å²) in [6.45, 7) is 1.46. The van der Waals surface area contributed by atoms with Gasteiger partial charge in [0.15, 0.2) is 0 Å². The molecule has 0 saturated carbocycles. The standard InChI is InChI=1S/C19H15NO6S2/c1-2-25-18(24)12-5-3-11(4-6-12)14-8-7-13(26-14)9-15-17(23)20(10-16(21)22)19(27)28-15/h3-9H,2,10H2,1H3,(H,21,22)/p-1/b15-9+. The Morgan fingerprint density at radius 2 is 1.96 bits per heavy atom. The third-order valence-corrected chi connectivity index (χ3v) is 5.12. The Balaban J connectivity index is 1.76. The van der Waals surface area contributed by atoms with Crippen LogP contribution in [0.1, 0.15) is 23.0 Å². The molecule has 1 aliphatic rings. The molecule has 2 aromatic rings. The fraction of sp³-hybridized carbons (Fsp3) is 0.158. The minimum atomic E-state index is -1.39. The number of hydrogen-bond donors (Lipinski definition) is 0. The van der Waals surface area contributed by atoms with Crippen LogP contribution >= 0.6 is 24.0 Å². The van der Waals surface area contributed by atoms with Crippen LogP contribution in [0, 0.1) is 0 Å². The number of carbonyl (C=O) groups excluding carboxylic acids is 3. The van der Waals surface area contributed by atoms with Gasteiger partial charge >= 0.3 is 5.97 Å². The predicted molar refractivity (Wildman–Crippen MR) is 105 cm³/mol. The molecule has 1 aromatic carbocycles. The summed E-state index contributed by atoms with van der Waals surface area (Å²) in [6, 6.07) is 10.1. The number of amides is 1. The second-order valence-electron chi connectivity index (χ2n) is 5.64. The van der Waals surface area contributed by atoms with E-state index in [1.165, 1.54) is 6.08 Å². The van der Waals surface area contributed by atoms with E-state index in [-0.39, 0.29) is 9.23 Å². The average molecular weight is 416 g/mol. The lowest BCUT2D eigenvalue weighted by Crippen LogP contribution is -2.40. The number of carboxylic acids is 1. The molecule has 144 valence electrons. The van der Waals surface area contributed by atoms with Gasteiger partial charge in [0.1, 0.15) is 15.8 Å². The van der Waals surface area contributed by atoms with Crippen LogP contribution < -0.4 is 5.11 Å². The van der Waals surface area contributed by atoms with Gasteiger partial charge in [-0.25, -0.2) is 4.79 Å². The summed E-state index contributed by atoms with van der Waals surface area (Å²) in [5.74, 6) is -1.32. The molecule has 7 nitrogen and oxygen atoms in total. The molecule has 0 spiro atoms. The molecule has 0 aliphatic carbocycles. The van der Waals surface area contributed by atoms with E-state index in [1.807, 2.05) is 0 Å². The molecule has 0 N–H and O–H groups in total. The molecule has 1 aromatic heterocycles. The highest BCUT2D eigenvalue weighted by Crippen LogP contribution is 2.33. The Morgan fingerprint density at radius 3 is 2.61 bits per heavy atom. The van der Waals surface area contributed by atoms with Crippen molar-refractivity contribution in [3.05, 3.63) is 52.6 Å². The maximum atomic E-state index is 12.3. The van der Waals surface area contributed by atoms with Crippen molar-refractivity contribution in [2.45, 2.75) is 6.92 Å². The van der Waals surface area contributed by atoms with Crippen molar-refractivity contribution in [1.29, 1.82) is 0 Å². The Morgan fingerprint density at radius 1 is 1.25 bits per heavy atom. The number of thiocarbonyl (C=S) groups is 1. The molecule has 3 rings (SSSR count). The Kier molecular flexibility index (Phi) is 5.96. The number of carboxylic acid groups (broad SMARTS) is 1. The summed E-state index contributed by atoms with van der Waals surface area (Å²) >= 11 is 6.03. The number of furan rings is 1. The number of benzene rings is 1. The topological polar surface area (TPSA) is 99.9 Å². The lowest BCUT2D eigenvalue weighted by atomic mass is 10.1. The Hall–Kier alpha value is -2.91. The molecule has 0 unspecified atom stereocenters. The second-order valence-corrected chi connectivity index (χ2v) is 7.32. The summed E-state index contributed by atoms with van der Waals surface area (Å²) in [6.07, 6.45) is 1.51. The van der Waals surface area contributed by atoms with E-state index in [0.717, 1.165) is 22.2 Å². The van der Waals surface area contributed by atoms with Crippen LogP contribution in [0.5, 0.6) is 0 Å². The van der Waals surface area contributed by atoms with E-state index in [0.29, 0.717) is 23.7 Å². The predicted octanol–water partition coefficient (Wildman–Crippen LogP) is 2.07. The Bertz CT molecular complexity index is 977. The minimum Gasteiger partial charge on any atom is -0.548 e. The molecule has 1 saturated heterocycles. The van der Waals surface area contributed by atoms with Gasteiger partial charge in [0.2, 0.25) is 0 Å². The quantitative estimate of drug-likeness (QED) is 0.401. The van der Waals surface area contributed by atoms with Gasteiger partial charge in [0.05, 0.1) is 29.6 Å². The van der Waals surface area contributed by atoms with E-state index in [4.69, 9.17) is 21.4 Å². The highest BCUT2D eigenvalue weighted by molar-refractivity contribution is 8.26. The number of thioether (sulfide) groups is 1. The number of carbonyl (C=O) groups is 3. The van der Waals surface area contributed by atoms with Crippen molar-refractivity contribution in [1.82, 2.24) is 4.90 Å². The van der Waals surface area contributed by atoms with Crippen LogP contribution in [0.2, 0.25) is 0 Å². The van der Waals surface area contributed by atoms with Crippen LogP contribution in [-0.4, -0.2) is 40.2 Å². The number of nitrogens with zero attached hydrogens (tertiary/aromatic N) is 1. The third kappa shape index (κ3) is 4.32. The van der Waals surface area contributed by atoms with Gasteiger partial charge in [-0.2, -0.15) is 0 Å². The molecular weight excluding hydrogens is 402 g/mol. The normalized spacial score (nSPS) is 15.3. The van der Waals surface area contributed by atoms with Gasteiger partial charge in [-0.1, -0.05) is 36.1 Å². The maximum absolute atomic E-state index is 12.3. The molecule has 0 radical (unpaired) electrons. The van der Waals surface area contributed by atoms with E-state index in [1.54, 1.807) is 43.3 Å². The second kappa shape index (κ2) is 8.41. The largest absolute Gasteiger partial charge is 0.548 e. The molecule has 28 heavy (non-hydrogen) atoms. The monoisotopic (exact) mass is 416 g/mol. The zero-order valence-corrected chi connectivity index (χ0v) is 16.3. The van der Waals surface area contributed by atoms with E-state index in [9.17, 15) is 19.5 Å². The molecule has 0 atom stereocenters. The minimum absolute atomic E-state index is 0.154. The first kappa shape index (κ1) is 19.8. The summed E-state index contributed by atoms with van der Waals surface area (Å²) in [5.41, 5.74) is 1.19. The molecular formula is C19H14NO6S2-. The summed E-state index contributed by atoms with van der Waals surface area (Å²) < 4.78 is 10.8.